The first-order valence-electron chi connectivity index (χ1n) is 8.17. The summed E-state index contributed by atoms with van der Waals surface area (Å²) in [6.07, 6.45) is 2.70. The average molecular weight is 380 g/mol. The Morgan fingerprint density at radius 2 is 2.00 bits per heavy atom. The van der Waals surface area contributed by atoms with E-state index in [2.05, 4.69) is 20.4 Å². The standard InChI is InChI=1S/C15H20N6O4S/c1-10-7-12(8-13(16-10)15(22)23)14-17-19-21(18-14)9-11-3-5-20(6-4-11)26(2,24)25/h7-8,11H,3-6,9H2,1-2H3,(H,22,23). The molecular weight excluding hydrogens is 360 g/mol. The zero-order valence-electron chi connectivity index (χ0n) is 14.5. The number of sulfonamides is 1. The van der Waals surface area contributed by atoms with Gasteiger partial charge in [-0.3, -0.25) is 0 Å². The van der Waals surface area contributed by atoms with Crippen LogP contribution < -0.4 is 0 Å². The fraction of sp³-hybridized carbons (Fsp3) is 0.533. The predicted molar refractivity (Wildman–Crippen MR) is 91.9 cm³/mol. The van der Waals surface area contributed by atoms with Crippen LogP contribution in [-0.2, 0) is 16.6 Å². The Kier molecular flexibility index (Phi) is 5.01. The molecular formula is C15H20N6O4S. The molecule has 0 radical (unpaired) electrons. The van der Waals surface area contributed by atoms with Gasteiger partial charge in [-0.1, -0.05) is 0 Å². The van der Waals surface area contributed by atoms with E-state index in [0.29, 0.717) is 36.7 Å². The minimum atomic E-state index is -3.14. The zero-order valence-corrected chi connectivity index (χ0v) is 15.3. The normalized spacial score (nSPS) is 16.7. The Hall–Kier alpha value is -2.40. The van der Waals surface area contributed by atoms with Crippen molar-refractivity contribution in [1.82, 2.24) is 29.5 Å². The van der Waals surface area contributed by atoms with E-state index >= 15 is 0 Å². The summed E-state index contributed by atoms with van der Waals surface area (Å²) in [4.78, 5) is 16.6. The number of rotatable bonds is 5. The summed E-state index contributed by atoms with van der Waals surface area (Å²) < 4.78 is 24.6. The molecule has 1 fully saturated rings. The van der Waals surface area contributed by atoms with Crippen molar-refractivity contribution >= 4 is 16.0 Å². The molecule has 2 aromatic rings. The van der Waals surface area contributed by atoms with Crippen LogP contribution in [0.5, 0.6) is 0 Å². The van der Waals surface area contributed by atoms with Crippen molar-refractivity contribution in [2.75, 3.05) is 19.3 Å². The number of aromatic nitrogens is 5. The smallest absolute Gasteiger partial charge is 0.354 e. The molecule has 10 nitrogen and oxygen atoms in total. The Balaban J connectivity index is 1.69. The molecule has 26 heavy (non-hydrogen) atoms. The predicted octanol–water partition coefficient (Wildman–Crippen LogP) is 0.413. The number of aromatic carboxylic acids is 1. The first-order valence-corrected chi connectivity index (χ1v) is 10.0. The summed E-state index contributed by atoms with van der Waals surface area (Å²) in [7, 11) is -3.14. The molecule has 1 N–H and O–H groups in total. The molecule has 0 spiro atoms. The van der Waals surface area contributed by atoms with Crippen molar-refractivity contribution < 1.29 is 18.3 Å². The van der Waals surface area contributed by atoms with Crippen molar-refractivity contribution in [2.45, 2.75) is 26.3 Å². The summed E-state index contributed by atoms with van der Waals surface area (Å²) in [5.74, 6) is -0.504. The molecule has 0 atom stereocenters. The summed E-state index contributed by atoms with van der Waals surface area (Å²) in [5.41, 5.74) is 1.04. The molecule has 0 amide bonds. The number of hydrogen-bond acceptors (Lipinski definition) is 7. The van der Waals surface area contributed by atoms with Gasteiger partial charge in [0.1, 0.15) is 5.69 Å². The largest absolute Gasteiger partial charge is 0.477 e. The molecule has 140 valence electrons. The molecule has 2 aromatic heterocycles. The zero-order chi connectivity index (χ0) is 18.9. The molecule has 1 saturated heterocycles. The lowest BCUT2D eigenvalue weighted by Gasteiger charge is -2.29. The van der Waals surface area contributed by atoms with Crippen LogP contribution >= 0.6 is 0 Å². The summed E-state index contributed by atoms with van der Waals surface area (Å²) in [6.45, 7) is 3.24. The Morgan fingerprint density at radius 3 is 2.62 bits per heavy atom. The minimum Gasteiger partial charge on any atom is -0.477 e. The Bertz CT molecular complexity index is 918. The van der Waals surface area contributed by atoms with Crippen molar-refractivity contribution in [1.29, 1.82) is 0 Å². The van der Waals surface area contributed by atoms with Crippen LogP contribution in [0.4, 0.5) is 0 Å². The van der Waals surface area contributed by atoms with Gasteiger partial charge in [0, 0.05) is 24.3 Å². The number of hydrogen-bond donors (Lipinski definition) is 1. The monoisotopic (exact) mass is 380 g/mol. The van der Waals surface area contributed by atoms with E-state index in [4.69, 9.17) is 5.11 Å². The maximum atomic E-state index is 11.6. The Morgan fingerprint density at radius 1 is 1.31 bits per heavy atom. The molecule has 0 aliphatic carbocycles. The number of carboxylic acids is 1. The van der Waals surface area contributed by atoms with Crippen LogP contribution in [0.1, 0.15) is 29.0 Å². The van der Waals surface area contributed by atoms with Gasteiger partial charge in [0.25, 0.3) is 0 Å². The highest BCUT2D eigenvalue weighted by Crippen LogP contribution is 2.21. The first-order chi connectivity index (χ1) is 12.2. The topological polar surface area (TPSA) is 131 Å². The second-order valence-corrected chi connectivity index (χ2v) is 8.44. The van der Waals surface area contributed by atoms with Crippen LogP contribution in [0.15, 0.2) is 12.1 Å². The molecule has 0 saturated carbocycles. The molecule has 11 heteroatoms. The molecule has 0 bridgehead atoms. The quantitative estimate of drug-likeness (QED) is 0.789. The number of carboxylic acid groups (broad SMARTS) is 1. The van der Waals surface area contributed by atoms with Gasteiger partial charge >= 0.3 is 5.97 Å². The van der Waals surface area contributed by atoms with Crippen molar-refractivity contribution in [3.63, 3.8) is 0 Å². The van der Waals surface area contributed by atoms with Gasteiger partial charge < -0.3 is 5.11 Å². The second kappa shape index (κ2) is 7.08. The minimum absolute atomic E-state index is 0.0653. The molecule has 0 aromatic carbocycles. The molecule has 3 rings (SSSR count). The van der Waals surface area contributed by atoms with E-state index in [9.17, 15) is 13.2 Å². The van der Waals surface area contributed by atoms with E-state index in [0.717, 1.165) is 12.8 Å². The highest BCUT2D eigenvalue weighted by Gasteiger charge is 2.25. The Labute approximate surface area is 150 Å². The maximum Gasteiger partial charge on any atom is 0.354 e. The van der Waals surface area contributed by atoms with Gasteiger partial charge in [-0.2, -0.15) is 4.80 Å². The molecule has 0 unspecified atom stereocenters. The maximum absolute atomic E-state index is 11.6. The third-order valence-electron chi connectivity index (χ3n) is 4.35. The van der Waals surface area contributed by atoms with Gasteiger partial charge in [0.15, 0.2) is 0 Å². The number of tetrazole rings is 1. The lowest BCUT2D eigenvalue weighted by atomic mass is 9.98. The number of carbonyl (C=O) groups is 1. The molecule has 1 aliphatic heterocycles. The number of nitrogens with zero attached hydrogens (tertiary/aromatic N) is 6. The highest BCUT2D eigenvalue weighted by molar-refractivity contribution is 7.88. The fourth-order valence-corrected chi connectivity index (χ4v) is 3.87. The van der Waals surface area contributed by atoms with Crippen molar-refractivity contribution in [2.24, 2.45) is 5.92 Å². The van der Waals surface area contributed by atoms with Gasteiger partial charge in [-0.15, -0.1) is 10.2 Å². The SMILES string of the molecule is Cc1cc(-c2nnn(CC3CCN(S(C)(=O)=O)CC3)n2)cc(C(=O)O)n1. The van der Waals surface area contributed by atoms with Crippen molar-refractivity contribution in [3.05, 3.63) is 23.5 Å². The summed E-state index contributed by atoms with van der Waals surface area (Å²) >= 11 is 0. The second-order valence-electron chi connectivity index (χ2n) is 6.46. The van der Waals surface area contributed by atoms with Crippen LogP contribution in [0, 0.1) is 12.8 Å². The van der Waals surface area contributed by atoms with E-state index in [-0.39, 0.29) is 11.6 Å². The lowest BCUT2D eigenvalue weighted by Crippen LogP contribution is -2.38. The third-order valence-corrected chi connectivity index (χ3v) is 5.65. The van der Waals surface area contributed by atoms with E-state index in [1.54, 1.807) is 13.0 Å². The van der Waals surface area contributed by atoms with E-state index in [1.807, 2.05) is 0 Å². The third kappa shape index (κ3) is 4.22. The van der Waals surface area contributed by atoms with E-state index in [1.165, 1.54) is 21.4 Å². The highest BCUT2D eigenvalue weighted by atomic mass is 32.2. The summed E-state index contributed by atoms with van der Waals surface area (Å²) in [6, 6.07) is 3.12. The van der Waals surface area contributed by atoms with Crippen molar-refractivity contribution in [3.8, 4) is 11.4 Å². The van der Waals surface area contributed by atoms with Gasteiger partial charge in [0.2, 0.25) is 15.8 Å². The van der Waals surface area contributed by atoms with Gasteiger partial charge in [-0.05, 0) is 43.0 Å². The van der Waals surface area contributed by atoms with Crippen LogP contribution in [0.3, 0.4) is 0 Å². The van der Waals surface area contributed by atoms with Gasteiger partial charge in [0.05, 0.1) is 12.8 Å². The van der Waals surface area contributed by atoms with Crippen LogP contribution in [0.2, 0.25) is 0 Å². The average Bonchev–Trinajstić information content (AvgIpc) is 3.02. The lowest BCUT2D eigenvalue weighted by molar-refractivity contribution is 0.0690. The fourth-order valence-electron chi connectivity index (χ4n) is 3.00. The van der Waals surface area contributed by atoms with Gasteiger partial charge in [-0.25, -0.2) is 22.5 Å². The number of aryl methyl sites for hydroxylation is 1. The van der Waals surface area contributed by atoms with Crippen LogP contribution in [0.25, 0.3) is 11.4 Å². The number of pyridine rings is 1. The van der Waals surface area contributed by atoms with E-state index < -0.39 is 16.0 Å². The number of piperidine rings is 1. The summed E-state index contributed by atoms with van der Waals surface area (Å²) in [5, 5.41) is 21.5. The van der Waals surface area contributed by atoms with Crippen LogP contribution in [-0.4, -0.2) is 68.3 Å². The first kappa shape index (κ1) is 18.4. The molecule has 1 aliphatic rings. The molecule has 3 heterocycles.